The Morgan fingerprint density at radius 1 is 1.12 bits per heavy atom. The molecular weight excluding hydrogens is 243 g/mol. The Morgan fingerprint density at radius 3 is 2.35 bits per heavy atom. The summed E-state index contributed by atoms with van der Waals surface area (Å²) in [6.07, 6.45) is 0. The van der Waals surface area contributed by atoms with Gasteiger partial charge in [-0.05, 0) is 35.4 Å². The summed E-state index contributed by atoms with van der Waals surface area (Å²) in [7, 11) is 0. The lowest BCUT2D eigenvalue weighted by atomic mass is 10.00. The second-order valence-corrected chi connectivity index (χ2v) is 3.94. The predicted molar refractivity (Wildman–Crippen MR) is 63.8 cm³/mol. The molecule has 2 rings (SSSR count). The fourth-order valence-electron chi connectivity index (χ4n) is 1.57. The standard InChI is InChI=1S/C13H8ClFO2/c14-9-3-1-8(2-4-9)11-6-5-10(15)7-12(11)13(16)17/h1-7H,(H,16,17). The van der Waals surface area contributed by atoms with E-state index in [0.29, 0.717) is 16.1 Å². The van der Waals surface area contributed by atoms with Crippen LogP contribution in [0.5, 0.6) is 0 Å². The van der Waals surface area contributed by atoms with Gasteiger partial charge in [-0.15, -0.1) is 0 Å². The van der Waals surface area contributed by atoms with E-state index in [9.17, 15) is 9.18 Å². The number of carboxylic acids is 1. The van der Waals surface area contributed by atoms with E-state index in [1.807, 2.05) is 0 Å². The van der Waals surface area contributed by atoms with Crippen LogP contribution in [0.1, 0.15) is 10.4 Å². The molecule has 0 spiro atoms. The van der Waals surface area contributed by atoms with Crippen molar-refractivity contribution in [3.05, 3.63) is 58.9 Å². The summed E-state index contributed by atoms with van der Waals surface area (Å²) in [6.45, 7) is 0. The van der Waals surface area contributed by atoms with Crippen molar-refractivity contribution in [1.29, 1.82) is 0 Å². The molecule has 0 fully saturated rings. The maximum atomic E-state index is 13.0. The quantitative estimate of drug-likeness (QED) is 0.879. The van der Waals surface area contributed by atoms with E-state index >= 15 is 0 Å². The molecule has 2 nitrogen and oxygen atoms in total. The predicted octanol–water partition coefficient (Wildman–Crippen LogP) is 3.84. The topological polar surface area (TPSA) is 37.3 Å². The van der Waals surface area contributed by atoms with Crippen molar-refractivity contribution in [3.8, 4) is 11.1 Å². The second-order valence-electron chi connectivity index (χ2n) is 3.50. The van der Waals surface area contributed by atoms with Gasteiger partial charge >= 0.3 is 5.97 Å². The molecule has 0 heterocycles. The molecule has 0 saturated heterocycles. The fraction of sp³-hybridized carbons (Fsp3) is 0. The van der Waals surface area contributed by atoms with E-state index in [-0.39, 0.29) is 5.56 Å². The first-order chi connectivity index (χ1) is 8.08. The highest BCUT2D eigenvalue weighted by molar-refractivity contribution is 6.30. The molecule has 0 amide bonds. The summed E-state index contributed by atoms with van der Waals surface area (Å²) in [4.78, 5) is 11.0. The van der Waals surface area contributed by atoms with Crippen LogP contribution in [0.4, 0.5) is 4.39 Å². The first-order valence-corrected chi connectivity index (χ1v) is 5.24. The number of hydrogen-bond donors (Lipinski definition) is 1. The molecule has 2 aromatic rings. The summed E-state index contributed by atoms with van der Waals surface area (Å²) < 4.78 is 13.0. The molecule has 0 aromatic heterocycles. The maximum Gasteiger partial charge on any atom is 0.336 e. The van der Waals surface area contributed by atoms with Crippen LogP contribution in [0.15, 0.2) is 42.5 Å². The van der Waals surface area contributed by atoms with E-state index in [1.165, 1.54) is 12.1 Å². The Hall–Kier alpha value is -1.87. The zero-order chi connectivity index (χ0) is 12.4. The van der Waals surface area contributed by atoms with E-state index < -0.39 is 11.8 Å². The van der Waals surface area contributed by atoms with Gasteiger partial charge in [-0.1, -0.05) is 29.8 Å². The molecule has 0 aliphatic heterocycles. The highest BCUT2D eigenvalue weighted by Gasteiger charge is 2.12. The van der Waals surface area contributed by atoms with Crippen LogP contribution < -0.4 is 0 Å². The minimum absolute atomic E-state index is 0.0627. The van der Waals surface area contributed by atoms with E-state index in [2.05, 4.69) is 0 Å². The zero-order valence-electron chi connectivity index (χ0n) is 8.65. The molecule has 0 bridgehead atoms. The van der Waals surface area contributed by atoms with Crippen molar-refractivity contribution >= 4 is 17.6 Å². The van der Waals surface area contributed by atoms with Crippen molar-refractivity contribution in [2.75, 3.05) is 0 Å². The molecule has 2 aromatic carbocycles. The molecule has 0 radical (unpaired) electrons. The summed E-state index contributed by atoms with van der Waals surface area (Å²) in [5, 5.41) is 9.58. The first kappa shape index (κ1) is 11.6. The van der Waals surface area contributed by atoms with Crippen molar-refractivity contribution in [3.63, 3.8) is 0 Å². The minimum atomic E-state index is -1.16. The fourth-order valence-corrected chi connectivity index (χ4v) is 1.70. The third-order valence-electron chi connectivity index (χ3n) is 2.37. The normalized spacial score (nSPS) is 10.2. The van der Waals surface area contributed by atoms with Gasteiger partial charge in [0.15, 0.2) is 0 Å². The van der Waals surface area contributed by atoms with Crippen molar-refractivity contribution in [2.45, 2.75) is 0 Å². The monoisotopic (exact) mass is 250 g/mol. The molecule has 17 heavy (non-hydrogen) atoms. The van der Waals surface area contributed by atoms with Crippen molar-refractivity contribution in [1.82, 2.24) is 0 Å². The average molecular weight is 251 g/mol. The molecule has 86 valence electrons. The van der Waals surface area contributed by atoms with E-state index in [0.717, 1.165) is 6.07 Å². The van der Waals surface area contributed by atoms with Crippen LogP contribution in [0.3, 0.4) is 0 Å². The molecule has 1 N–H and O–H groups in total. The molecule has 0 aliphatic carbocycles. The molecule has 0 atom stereocenters. The smallest absolute Gasteiger partial charge is 0.336 e. The summed E-state index contributed by atoms with van der Waals surface area (Å²) >= 11 is 5.75. The van der Waals surface area contributed by atoms with Crippen molar-refractivity contribution in [2.24, 2.45) is 0 Å². The lowest BCUT2D eigenvalue weighted by Gasteiger charge is -2.06. The van der Waals surface area contributed by atoms with Gasteiger partial charge in [0.1, 0.15) is 5.82 Å². The first-order valence-electron chi connectivity index (χ1n) is 4.87. The SMILES string of the molecule is O=C(O)c1cc(F)ccc1-c1ccc(Cl)cc1. The number of carboxylic acid groups (broad SMARTS) is 1. The van der Waals surface area contributed by atoms with Gasteiger partial charge in [0.05, 0.1) is 5.56 Å². The minimum Gasteiger partial charge on any atom is -0.478 e. The molecule has 0 aliphatic rings. The number of halogens is 2. The zero-order valence-corrected chi connectivity index (χ0v) is 9.41. The largest absolute Gasteiger partial charge is 0.478 e. The van der Waals surface area contributed by atoms with Gasteiger partial charge in [0, 0.05) is 5.02 Å². The highest BCUT2D eigenvalue weighted by Crippen LogP contribution is 2.25. The van der Waals surface area contributed by atoms with Crippen molar-refractivity contribution < 1.29 is 14.3 Å². The number of aromatic carboxylic acids is 1. The van der Waals surface area contributed by atoms with E-state index in [1.54, 1.807) is 24.3 Å². The number of benzene rings is 2. The van der Waals surface area contributed by atoms with Gasteiger partial charge < -0.3 is 5.11 Å². The summed E-state index contributed by atoms with van der Waals surface area (Å²) in [5.74, 6) is -1.73. The van der Waals surface area contributed by atoms with Crippen LogP contribution >= 0.6 is 11.6 Å². The summed E-state index contributed by atoms with van der Waals surface area (Å²) in [6, 6.07) is 10.4. The van der Waals surface area contributed by atoms with Crippen LogP contribution in [0.2, 0.25) is 5.02 Å². The Labute approximate surface area is 102 Å². The van der Waals surface area contributed by atoms with Crippen LogP contribution in [0.25, 0.3) is 11.1 Å². The molecule has 0 saturated carbocycles. The van der Waals surface area contributed by atoms with Gasteiger partial charge in [-0.25, -0.2) is 9.18 Å². The van der Waals surface area contributed by atoms with Crippen LogP contribution in [-0.4, -0.2) is 11.1 Å². The van der Waals surface area contributed by atoms with Gasteiger partial charge in [-0.3, -0.25) is 0 Å². The highest BCUT2D eigenvalue weighted by atomic mass is 35.5. The average Bonchev–Trinajstić information content (AvgIpc) is 2.30. The van der Waals surface area contributed by atoms with E-state index in [4.69, 9.17) is 16.7 Å². The van der Waals surface area contributed by atoms with Gasteiger partial charge in [0.2, 0.25) is 0 Å². The lowest BCUT2D eigenvalue weighted by Crippen LogP contribution is -2.00. The Kier molecular flexibility index (Phi) is 3.11. The van der Waals surface area contributed by atoms with Gasteiger partial charge in [-0.2, -0.15) is 0 Å². The third kappa shape index (κ3) is 2.45. The summed E-state index contributed by atoms with van der Waals surface area (Å²) in [5.41, 5.74) is 1.09. The van der Waals surface area contributed by atoms with Crippen LogP contribution in [0, 0.1) is 5.82 Å². The number of carbonyl (C=O) groups is 1. The molecular formula is C13H8ClFO2. The second kappa shape index (κ2) is 4.55. The Morgan fingerprint density at radius 2 is 1.76 bits per heavy atom. The number of rotatable bonds is 2. The van der Waals surface area contributed by atoms with Crippen LogP contribution in [-0.2, 0) is 0 Å². The molecule has 0 unspecified atom stereocenters. The Balaban J connectivity index is 2.58. The maximum absolute atomic E-state index is 13.0. The lowest BCUT2D eigenvalue weighted by molar-refractivity contribution is 0.0697. The third-order valence-corrected chi connectivity index (χ3v) is 2.62. The molecule has 4 heteroatoms. The Bertz CT molecular complexity index is 564. The number of hydrogen-bond acceptors (Lipinski definition) is 1. The van der Waals surface area contributed by atoms with Gasteiger partial charge in [0.25, 0.3) is 0 Å².